The molecule has 8 nitrogen and oxygen atoms in total. The second kappa shape index (κ2) is 10.1. The molecule has 1 aromatic carbocycles. The number of nitrogens with zero attached hydrogens (tertiary/aromatic N) is 3. The second-order valence-corrected chi connectivity index (χ2v) is 8.73. The van der Waals surface area contributed by atoms with Crippen molar-refractivity contribution in [2.45, 2.75) is 32.5 Å². The number of aromatic nitrogens is 2. The standard InChI is InChI=1S/C23H24FN5O3S/c1-14-11-29(12-15(2)32-14)20-8-7-16(10-25-20)26-21(30)9-17-13-33-23(27-17)28-22(31)18-5-3-4-6-19(18)24/h3-8,10,13-15H,9,11-12H2,1-2H3,(H,26,30)(H,27,28,31). The van der Waals surface area contributed by atoms with Gasteiger partial charge in [0, 0.05) is 18.5 Å². The van der Waals surface area contributed by atoms with Crippen LogP contribution < -0.4 is 15.5 Å². The number of anilines is 3. The van der Waals surface area contributed by atoms with Gasteiger partial charge in [-0.15, -0.1) is 11.3 Å². The average molecular weight is 470 g/mol. The first-order chi connectivity index (χ1) is 15.9. The number of carbonyl (C=O) groups is 2. The molecule has 1 fully saturated rings. The van der Waals surface area contributed by atoms with E-state index in [4.69, 9.17) is 4.74 Å². The van der Waals surface area contributed by atoms with Gasteiger partial charge in [-0.05, 0) is 38.1 Å². The summed E-state index contributed by atoms with van der Waals surface area (Å²) < 4.78 is 19.5. The Morgan fingerprint density at radius 3 is 2.61 bits per heavy atom. The van der Waals surface area contributed by atoms with E-state index < -0.39 is 11.7 Å². The van der Waals surface area contributed by atoms with Crippen LogP contribution in [0.5, 0.6) is 0 Å². The van der Waals surface area contributed by atoms with Crippen LogP contribution in [0.1, 0.15) is 29.9 Å². The third kappa shape index (κ3) is 5.91. The average Bonchev–Trinajstić information content (AvgIpc) is 3.20. The number of hydrogen-bond donors (Lipinski definition) is 2. The lowest BCUT2D eigenvalue weighted by molar-refractivity contribution is -0.115. The van der Waals surface area contributed by atoms with Crippen LogP contribution in [0.3, 0.4) is 0 Å². The molecule has 1 aliphatic heterocycles. The van der Waals surface area contributed by atoms with Gasteiger partial charge in [0.05, 0.1) is 41.8 Å². The molecule has 1 aliphatic rings. The van der Waals surface area contributed by atoms with Gasteiger partial charge in [0.2, 0.25) is 5.91 Å². The Balaban J connectivity index is 1.31. The summed E-state index contributed by atoms with van der Waals surface area (Å²) in [6.45, 7) is 5.60. The van der Waals surface area contributed by atoms with E-state index in [1.807, 2.05) is 26.0 Å². The van der Waals surface area contributed by atoms with Crippen LogP contribution >= 0.6 is 11.3 Å². The normalized spacial score (nSPS) is 18.1. The van der Waals surface area contributed by atoms with Crippen LogP contribution in [0.25, 0.3) is 0 Å². The van der Waals surface area contributed by atoms with E-state index in [1.54, 1.807) is 17.6 Å². The van der Waals surface area contributed by atoms with Gasteiger partial charge in [-0.1, -0.05) is 12.1 Å². The zero-order chi connectivity index (χ0) is 23.4. The SMILES string of the molecule is CC1CN(c2ccc(NC(=O)Cc3csc(NC(=O)c4ccccc4F)n3)cn2)CC(C)O1. The number of hydrogen-bond acceptors (Lipinski definition) is 7. The minimum absolute atomic E-state index is 0.0340. The number of pyridine rings is 1. The molecule has 2 aromatic heterocycles. The van der Waals surface area contributed by atoms with Crippen molar-refractivity contribution in [2.24, 2.45) is 0 Å². The Hall–Kier alpha value is -3.37. The zero-order valence-corrected chi connectivity index (χ0v) is 19.1. The Morgan fingerprint density at radius 1 is 1.15 bits per heavy atom. The monoisotopic (exact) mass is 469 g/mol. The summed E-state index contributed by atoms with van der Waals surface area (Å²) in [4.78, 5) is 35.5. The molecule has 1 saturated heterocycles. The molecule has 3 heterocycles. The van der Waals surface area contributed by atoms with Crippen molar-refractivity contribution in [3.63, 3.8) is 0 Å². The first-order valence-corrected chi connectivity index (χ1v) is 11.4. The molecule has 0 radical (unpaired) electrons. The lowest BCUT2D eigenvalue weighted by Crippen LogP contribution is -2.45. The van der Waals surface area contributed by atoms with Crippen LogP contribution in [-0.2, 0) is 16.0 Å². The molecule has 0 saturated carbocycles. The van der Waals surface area contributed by atoms with Gasteiger partial charge in [0.15, 0.2) is 5.13 Å². The summed E-state index contributed by atoms with van der Waals surface area (Å²) in [5.41, 5.74) is 1.02. The number of carbonyl (C=O) groups excluding carboxylic acids is 2. The highest BCUT2D eigenvalue weighted by atomic mass is 32.1. The van der Waals surface area contributed by atoms with Crippen molar-refractivity contribution in [1.82, 2.24) is 9.97 Å². The fourth-order valence-electron chi connectivity index (χ4n) is 3.64. The molecular formula is C23H24FN5O3S. The summed E-state index contributed by atoms with van der Waals surface area (Å²) in [6.07, 6.45) is 1.93. The maximum Gasteiger partial charge on any atom is 0.260 e. The predicted molar refractivity (Wildman–Crippen MR) is 125 cm³/mol. The second-order valence-electron chi connectivity index (χ2n) is 7.87. The Kier molecular flexibility index (Phi) is 6.95. The number of thiazole rings is 1. The van der Waals surface area contributed by atoms with Gasteiger partial charge in [-0.25, -0.2) is 14.4 Å². The Bertz CT molecular complexity index is 1130. The smallest absolute Gasteiger partial charge is 0.260 e. The maximum absolute atomic E-state index is 13.7. The highest BCUT2D eigenvalue weighted by Crippen LogP contribution is 2.21. The van der Waals surface area contributed by atoms with Crippen molar-refractivity contribution < 1.29 is 18.7 Å². The van der Waals surface area contributed by atoms with E-state index in [9.17, 15) is 14.0 Å². The van der Waals surface area contributed by atoms with E-state index >= 15 is 0 Å². The van der Waals surface area contributed by atoms with E-state index in [1.165, 1.54) is 29.5 Å². The molecule has 3 aromatic rings. The van der Waals surface area contributed by atoms with Crippen molar-refractivity contribution in [3.8, 4) is 0 Å². The lowest BCUT2D eigenvalue weighted by Gasteiger charge is -2.36. The quantitative estimate of drug-likeness (QED) is 0.571. The number of rotatable bonds is 6. The molecule has 2 amide bonds. The number of morpholine rings is 1. The van der Waals surface area contributed by atoms with Crippen LogP contribution in [-0.4, -0.2) is 47.1 Å². The van der Waals surface area contributed by atoms with Crippen molar-refractivity contribution in [1.29, 1.82) is 0 Å². The molecule has 33 heavy (non-hydrogen) atoms. The van der Waals surface area contributed by atoms with Crippen molar-refractivity contribution in [2.75, 3.05) is 28.6 Å². The first-order valence-electron chi connectivity index (χ1n) is 10.5. The molecular weight excluding hydrogens is 445 g/mol. The maximum atomic E-state index is 13.7. The van der Waals surface area contributed by atoms with E-state index in [0.29, 0.717) is 16.5 Å². The van der Waals surface area contributed by atoms with Gasteiger partial charge in [0.1, 0.15) is 11.6 Å². The number of halogens is 1. The van der Waals surface area contributed by atoms with Gasteiger partial charge in [0.25, 0.3) is 5.91 Å². The number of ether oxygens (including phenoxy) is 1. The molecule has 10 heteroatoms. The summed E-state index contributed by atoms with van der Waals surface area (Å²) in [6, 6.07) is 9.39. The Labute approximate surface area is 194 Å². The van der Waals surface area contributed by atoms with Gasteiger partial charge < -0.3 is 15.0 Å². The van der Waals surface area contributed by atoms with Crippen molar-refractivity contribution >= 4 is 39.8 Å². The molecule has 0 spiro atoms. The lowest BCUT2D eigenvalue weighted by atomic mass is 10.2. The molecule has 2 N–H and O–H groups in total. The largest absolute Gasteiger partial charge is 0.372 e. The highest BCUT2D eigenvalue weighted by Gasteiger charge is 2.23. The number of amides is 2. The molecule has 2 unspecified atom stereocenters. The molecule has 0 aliphatic carbocycles. The summed E-state index contributed by atoms with van der Waals surface area (Å²) in [5.74, 6) is -0.614. The minimum atomic E-state index is -0.608. The summed E-state index contributed by atoms with van der Waals surface area (Å²) >= 11 is 1.17. The van der Waals surface area contributed by atoms with Gasteiger partial charge in [-0.3, -0.25) is 14.9 Å². The van der Waals surface area contributed by atoms with E-state index in [0.717, 1.165) is 18.9 Å². The summed E-state index contributed by atoms with van der Waals surface area (Å²) in [7, 11) is 0. The topological polar surface area (TPSA) is 96.5 Å². The first kappa shape index (κ1) is 22.8. The van der Waals surface area contributed by atoms with Gasteiger partial charge in [-0.2, -0.15) is 0 Å². The number of nitrogens with one attached hydrogen (secondary N) is 2. The fraction of sp³-hybridized carbons (Fsp3) is 0.304. The fourth-order valence-corrected chi connectivity index (χ4v) is 4.34. The third-order valence-corrected chi connectivity index (χ3v) is 5.81. The molecule has 2 atom stereocenters. The zero-order valence-electron chi connectivity index (χ0n) is 18.2. The van der Waals surface area contributed by atoms with Gasteiger partial charge >= 0.3 is 0 Å². The summed E-state index contributed by atoms with van der Waals surface area (Å²) in [5, 5.41) is 7.34. The number of benzene rings is 1. The Morgan fingerprint density at radius 2 is 1.91 bits per heavy atom. The van der Waals surface area contributed by atoms with E-state index in [2.05, 4.69) is 25.5 Å². The minimum Gasteiger partial charge on any atom is -0.372 e. The predicted octanol–water partition coefficient (Wildman–Crippen LogP) is 3.72. The molecule has 4 rings (SSSR count). The molecule has 172 valence electrons. The van der Waals surface area contributed by atoms with E-state index in [-0.39, 0.29) is 30.1 Å². The highest BCUT2D eigenvalue weighted by molar-refractivity contribution is 7.14. The van der Waals surface area contributed by atoms with Crippen molar-refractivity contribution in [3.05, 3.63) is 65.0 Å². The van der Waals surface area contributed by atoms with Crippen LogP contribution in [0.15, 0.2) is 48.0 Å². The molecule has 0 bridgehead atoms. The van der Waals surface area contributed by atoms with Crippen LogP contribution in [0.2, 0.25) is 0 Å². The van der Waals surface area contributed by atoms with Crippen LogP contribution in [0.4, 0.5) is 21.0 Å². The van der Waals surface area contributed by atoms with Crippen LogP contribution in [0, 0.1) is 5.82 Å². The third-order valence-electron chi connectivity index (χ3n) is 5.01.